The number of rotatable bonds is 5. The fourth-order valence-electron chi connectivity index (χ4n) is 6.80. The lowest BCUT2D eigenvalue weighted by atomic mass is 9.55. The molecule has 8 rings (SSSR count). The number of imide groups is 1. The minimum Gasteiger partial charge on any atom is -0.272 e. The normalized spacial score (nSPS) is 21.7. The van der Waals surface area contributed by atoms with E-state index < -0.39 is 40.3 Å². The molecule has 0 radical (unpaired) electrons. The number of carbonyl (C=O) groups excluding carboxylic acids is 3. The van der Waals surface area contributed by atoms with E-state index in [2.05, 4.69) is 0 Å². The van der Waals surface area contributed by atoms with Crippen LogP contribution in [0, 0.1) is 27.8 Å². The first-order valence-electron chi connectivity index (χ1n) is 13.2. The third-order valence-electron chi connectivity index (χ3n) is 8.50. The quantitative estimate of drug-likeness (QED) is 0.195. The van der Waals surface area contributed by atoms with Crippen LogP contribution in [0.15, 0.2) is 97.1 Å². The van der Waals surface area contributed by atoms with E-state index in [0.717, 1.165) is 32.3 Å². The van der Waals surface area contributed by atoms with Gasteiger partial charge in [-0.15, -0.1) is 0 Å². The van der Waals surface area contributed by atoms with Gasteiger partial charge in [0.1, 0.15) is 5.82 Å². The lowest BCUT2D eigenvalue weighted by Gasteiger charge is -2.45. The van der Waals surface area contributed by atoms with Gasteiger partial charge in [-0.25, -0.2) is 9.40 Å². The summed E-state index contributed by atoms with van der Waals surface area (Å²) >= 11 is 0. The average Bonchev–Trinajstić information content (AvgIpc) is 3.26. The van der Waals surface area contributed by atoms with E-state index >= 15 is 0 Å². The maximum atomic E-state index is 14.8. The smallest absolute Gasteiger partial charge is 0.272 e. The lowest BCUT2D eigenvalue weighted by Crippen LogP contribution is -2.50. The van der Waals surface area contributed by atoms with Gasteiger partial charge in [0, 0.05) is 35.1 Å². The Balaban J connectivity index is 1.34. The van der Waals surface area contributed by atoms with Crippen LogP contribution in [0.2, 0.25) is 0 Å². The highest BCUT2D eigenvalue weighted by Crippen LogP contribution is 2.61. The Morgan fingerprint density at radius 2 is 1.22 bits per heavy atom. The van der Waals surface area contributed by atoms with Crippen molar-refractivity contribution in [1.29, 1.82) is 0 Å². The maximum Gasteiger partial charge on any atom is 0.273 e. The Hall–Kier alpha value is -5.18. The predicted molar refractivity (Wildman–Crippen MR) is 145 cm³/mol. The number of nitro groups is 1. The van der Waals surface area contributed by atoms with E-state index in [9.17, 15) is 28.9 Å². The van der Waals surface area contributed by atoms with E-state index in [1.54, 1.807) is 6.07 Å². The fourth-order valence-corrected chi connectivity index (χ4v) is 6.80. The fraction of sp³-hybridized carbons (Fsp3) is 0.156. The van der Waals surface area contributed by atoms with Crippen LogP contribution in [0.4, 0.5) is 10.1 Å². The standard InChI is InChI=1S/C32H22FN3O5/c33-25-12-6-1-7-19(25)17-34(30(37)18-13-15-20(16-14-18)36(40)41)35-31(38)28-26-21-8-2-3-9-22(21)27(29(28)32(35)39)24-11-5-4-10-23(24)26/h1-16,26-29H,17H2/t26?,27?,28-,29-/m1/s1. The summed E-state index contributed by atoms with van der Waals surface area (Å²) in [5.74, 6) is -4.59. The number of nitrogens with zero attached hydrogens (tertiary/aromatic N) is 3. The zero-order valence-electron chi connectivity index (χ0n) is 21.5. The van der Waals surface area contributed by atoms with Gasteiger partial charge in [0.05, 0.1) is 23.3 Å². The molecule has 0 aromatic heterocycles. The molecule has 8 nitrogen and oxygen atoms in total. The number of hydrazine groups is 1. The number of hydrogen-bond donors (Lipinski definition) is 0. The summed E-state index contributed by atoms with van der Waals surface area (Å²) in [6.45, 7) is -0.380. The van der Waals surface area contributed by atoms with Crippen LogP contribution < -0.4 is 0 Å². The van der Waals surface area contributed by atoms with Crippen molar-refractivity contribution in [2.45, 2.75) is 18.4 Å². The van der Waals surface area contributed by atoms with Gasteiger partial charge in [0.15, 0.2) is 0 Å². The molecule has 2 bridgehead atoms. The summed E-state index contributed by atoms with van der Waals surface area (Å²) in [7, 11) is 0. The molecule has 41 heavy (non-hydrogen) atoms. The highest BCUT2D eigenvalue weighted by atomic mass is 19.1. The monoisotopic (exact) mass is 547 g/mol. The molecular formula is C32H22FN3O5. The number of nitro benzene ring substituents is 1. The highest BCUT2D eigenvalue weighted by Gasteiger charge is 2.63. The van der Waals surface area contributed by atoms with Gasteiger partial charge in [-0.2, -0.15) is 5.01 Å². The van der Waals surface area contributed by atoms with Gasteiger partial charge < -0.3 is 0 Å². The maximum absolute atomic E-state index is 14.8. The predicted octanol–water partition coefficient (Wildman–Crippen LogP) is 5.18. The van der Waals surface area contributed by atoms with Gasteiger partial charge in [-0.05, 0) is 40.5 Å². The highest BCUT2D eigenvalue weighted by molar-refractivity contribution is 6.09. The van der Waals surface area contributed by atoms with Crippen LogP contribution in [-0.4, -0.2) is 32.7 Å². The SMILES string of the molecule is O=C(c1ccc([N+](=O)[O-])cc1)N(Cc1ccccc1F)N1C(=O)[C@@H]2C3c4ccccc4C(c4ccccc43)[C@H]2C1=O. The van der Waals surface area contributed by atoms with Crippen molar-refractivity contribution in [3.63, 3.8) is 0 Å². The van der Waals surface area contributed by atoms with Crippen molar-refractivity contribution in [3.8, 4) is 0 Å². The van der Waals surface area contributed by atoms with Crippen LogP contribution in [0.3, 0.4) is 0 Å². The minimum atomic E-state index is -0.745. The Morgan fingerprint density at radius 3 is 1.68 bits per heavy atom. The Morgan fingerprint density at radius 1 is 0.756 bits per heavy atom. The molecule has 4 aromatic rings. The summed E-state index contributed by atoms with van der Waals surface area (Å²) in [6.07, 6.45) is 0. The van der Waals surface area contributed by atoms with Crippen LogP contribution in [-0.2, 0) is 16.1 Å². The third kappa shape index (κ3) is 3.62. The molecule has 0 unspecified atom stereocenters. The lowest BCUT2D eigenvalue weighted by molar-refractivity contribution is -0.384. The molecular weight excluding hydrogens is 525 g/mol. The summed E-state index contributed by atoms with van der Waals surface area (Å²) in [5, 5.41) is 13.0. The van der Waals surface area contributed by atoms with Gasteiger partial charge >= 0.3 is 0 Å². The second kappa shape index (κ2) is 9.19. The number of carbonyl (C=O) groups is 3. The first-order valence-corrected chi connectivity index (χ1v) is 13.2. The van der Waals surface area contributed by atoms with Crippen molar-refractivity contribution in [1.82, 2.24) is 10.0 Å². The average molecular weight is 548 g/mol. The van der Waals surface area contributed by atoms with E-state index in [1.165, 1.54) is 42.5 Å². The number of halogens is 1. The largest absolute Gasteiger partial charge is 0.273 e. The molecule has 4 aliphatic rings. The second-order valence-electron chi connectivity index (χ2n) is 10.5. The minimum absolute atomic E-state index is 0.0250. The van der Waals surface area contributed by atoms with Crippen LogP contribution >= 0.6 is 0 Å². The summed E-state index contributed by atoms with van der Waals surface area (Å²) in [4.78, 5) is 53.1. The number of hydrogen-bond acceptors (Lipinski definition) is 5. The number of non-ortho nitro benzene ring substituents is 1. The van der Waals surface area contributed by atoms with Crippen molar-refractivity contribution in [2.24, 2.45) is 11.8 Å². The molecule has 9 heteroatoms. The molecule has 0 N–H and O–H groups in total. The molecule has 0 spiro atoms. The zero-order valence-corrected chi connectivity index (χ0v) is 21.5. The molecule has 2 atom stereocenters. The van der Waals surface area contributed by atoms with Gasteiger partial charge in [0.2, 0.25) is 0 Å². The van der Waals surface area contributed by atoms with Crippen molar-refractivity contribution in [3.05, 3.63) is 146 Å². The molecule has 1 saturated heterocycles. The Bertz CT molecular complexity index is 1660. The van der Waals surface area contributed by atoms with Crippen molar-refractivity contribution in [2.75, 3.05) is 0 Å². The molecule has 1 heterocycles. The molecule has 0 saturated carbocycles. The van der Waals surface area contributed by atoms with E-state index in [1.807, 2.05) is 48.5 Å². The van der Waals surface area contributed by atoms with E-state index in [-0.39, 0.29) is 35.2 Å². The van der Waals surface area contributed by atoms with Crippen molar-refractivity contribution >= 4 is 23.4 Å². The van der Waals surface area contributed by atoms with Gasteiger partial charge in [0.25, 0.3) is 23.4 Å². The molecule has 3 amide bonds. The Kier molecular flexibility index (Phi) is 5.57. The van der Waals surface area contributed by atoms with Crippen LogP contribution in [0.25, 0.3) is 0 Å². The van der Waals surface area contributed by atoms with Crippen molar-refractivity contribution < 1.29 is 23.7 Å². The number of benzene rings is 4. The number of amides is 3. The summed E-state index contributed by atoms with van der Waals surface area (Å²) < 4.78 is 14.8. The molecule has 202 valence electrons. The zero-order chi connectivity index (χ0) is 28.4. The van der Waals surface area contributed by atoms with E-state index in [0.29, 0.717) is 0 Å². The van der Waals surface area contributed by atoms with E-state index in [4.69, 9.17) is 0 Å². The van der Waals surface area contributed by atoms with Crippen LogP contribution in [0.1, 0.15) is 50.0 Å². The molecule has 4 aromatic carbocycles. The molecule has 1 aliphatic heterocycles. The molecule has 3 aliphatic carbocycles. The van der Waals surface area contributed by atoms with Gasteiger partial charge in [-0.1, -0.05) is 66.7 Å². The van der Waals surface area contributed by atoms with Crippen LogP contribution in [0.5, 0.6) is 0 Å². The first-order chi connectivity index (χ1) is 19.9. The van der Waals surface area contributed by atoms with Gasteiger partial charge in [-0.3, -0.25) is 24.5 Å². The summed E-state index contributed by atoms with van der Waals surface area (Å²) in [6, 6.07) is 26.3. The topological polar surface area (TPSA) is 101 Å². The Labute approximate surface area is 233 Å². The second-order valence-corrected chi connectivity index (χ2v) is 10.5. The molecule has 1 fully saturated rings. The summed E-state index contributed by atoms with van der Waals surface area (Å²) in [5.41, 5.74) is 3.88. The third-order valence-corrected chi connectivity index (χ3v) is 8.50. The first kappa shape index (κ1) is 24.8.